The summed E-state index contributed by atoms with van der Waals surface area (Å²) in [6.45, 7) is 8.44. The molecular formula is C38H49N3O13S4. The van der Waals surface area contributed by atoms with E-state index in [1.54, 1.807) is 42.5 Å². The lowest BCUT2D eigenvalue weighted by atomic mass is 9.81. The number of allylic oxidation sites excluding steroid dienone is 8. The van der Waals surface area contributed by atoms with Crippen molar-refractivity contribution in [2.24, 2.45) is 0 Å². The van der Waals surface area contributed by atoms with Crippen molar-refractivity contribution in [2.45, 2.75) is 74.0 Å². The summed E-state index contributed by atoms with van der Waals surface area (Å²) < 4.78 is 102. The highest BCUT2D eigenvalue weighted by Gasteiger charge is 2.45. The van der Waals surface area contributed by atoms with E-state index in [9.17, 15) is 39.2 Å². The van der Waals surface area contributed by atoms with Crippen LogP contribution in [0.1, 0.15) is 64.5 Å². The van der Waals surface area contributed by atoms with Gasteiger partial charge in [-0.15, -0.1) is 4.33 Å². The molecule has 20 heteroatoms. The Kier molecular flexibility index (Phi) is 15.5. The molecule has 0 aromatic heterocycles. The van der Waals surface area contributed by atoms with E-state index < -0.39 is 52.8 Å². The molecule has 318 valence electrons. The first-order chi connectivity index (χ1) is 27.0. The van der Waals surface area contributed by atoms with Crippen LogP contribution < -0.4 is 4.90 Å². The lowest BCUT2D eigenvalue weighted by Gasteiger charge is -2.27. The largest absolute Gasteiger partial charge is 0.748 e. The number of carboxylic acids is 1. The monoisotopic (exact) mass is 883 g/mol. The van der Waals surface area contributed by atoms with E-state index in [0.29, 0.717) is 35.5 Å². The zero-order valence-corrected chi connectivity index (χ0v) is 36.0. The SMILES string of the molecule is CN(CCCC(=O)O)S(=O)(=O)c1ccc2c(c1)C(C)(C)C(/C=C/C=C/C=C/C=C1/N(CCCSOOO)c3ccc(S(=O)(=O)O)cc3C1(C)C)=[N+]2CCCS(=O)(=O)[O-]. The van der Waals surface area contributed by atoms with Crippen molar-refractivity contribution in [3.8, 4) is 0 Å². The first-order valence-corrected chi connectivity index (χ1v) is 23.5. The van der Waals surface area contributed by atoms with Crippen LogP contribution in [0.15, 0.2) is 94.4 Å². The van der Waals surface area contributed by atoms with Gasteiger partial charge in [0.1, 0.15) is 6.54 Å². The fourth-order valence-corrected chi connectivity index (χ4v) is 9.67. The van der Waals surface area contributed by atoms with Crippen molar-refractivity contribution in [2.75, 3.05) is 43.1 Å². The first-order valence-electron chi connectivity index (χ1n) is 18.2. The number of anilines is 1. The van der Waals surface area contributed by atoms with E-state index in [1.165, 1.54) is 25.2 Å². The van der Waals surface area contributed by atoms with Crippen LogP contribution in [0.5, 0.6) is 0 Å². The number of sulfonamides is 1. The zero-order chi connectivity index (χ0) is 43.1. The maximum absolute atomic E-state index is 13.5. The second-order valence-electron chi connectivity index (χ2n) is 14.7. The van der Waals surface area contributed by atoms with E-state index >= 15 is 0 Å². The van der Waals surface area contributed by atoms with Gasteiger partial charge in [-0.2, -0.15) is 13.0 Å². The van der Waals surface area contributed by atoms with Crippen LogP contribution in [0.4, 0.5) is 11.4 Å². The van der Waals surface area contributed by atoms with E-state index in [-0.39, 0.29) is 42.1 Å². The van der Waals surface area contributed by atoms with Crippen LogP contribution in [0.25, 0.3) is 0 Å². The molecule has 58 heavy (non-hydrogen) atoms. The minimum atomic E-state index is -4.47. The van der Waals surface area contributed by atoms with Crippen LogP contribution in [-0.2, 0) is 55.3 Å². The predicted octanol–water partition coefficient (Wildman–Crippen LogP) is 5.54. The number of aliphatic carboxylic acids is 1. The molecule has 0 saturated heterocycles. The molecule has 2 aromatic rings. The number of rotatable bonds is 21. The van der Waals surface area contributed by atoms with Crippen LogP contribution in [0.3, 0.4) is 0 Å². The summed E-state index contributed by atoms with van der Waals surface area (Å²) in [4.78, 5) is 12.8. The third kappa shape index (κ3) is 11.3. The number of carboxylic acid groups (broad SMARTS) is 1. The van der Waals surface area contributed by atoms with E-state index in [0.717, 1.165) is 33.4 Å². The molecule has 0 amide bonds. The van der Waals surface area contributed by atoms with Gasteiger partial charge in [0.25, 0.3) is 10.1 Å². The van der Waals surface area contributed by atoms with Crippen molar-refractivity contribution < 1.29 is 63.5 Å². The van der Waals surface area contributed by atoms with Crippen molar-refractivity contribution >= 4 is 65.4 Å². The highest BCUT2D eigenvalue weighted by molar-refractivity contribution is 7.94. The van der Waals surface area contributed by atoms with Crippen molar-refractivity contribution in [1.29, 1.82) is 0 Å². The molecule has 2 heterocycles. The maximum atomic E-state index is 13.5. The minimum Gasteiger partial charge on any atom is -0.748 e. The zero-order valence-electron chi connectivity index (χ0n) is 32.8. The molecule has 0 aliphatic carbocycles. The van der Waals surface area contributed by atoms with Gasteiger partial charge in [-0.1, -0.05) is 49.3 Å². The summed E-state index contributed by atoms with van der Waals surface area (Å²) in [5.41, 5.74) is 3.04. The fourth-order valence-electron chi connectivity index (χ4n) is 7.09. The number of fused-ring (bicyclic) bond motifs is 2. The third-order valence-corrected chi connectivity index (χ3v) is 14.1. The molecule has 2 aliphatic rings. The Labute approximate surface area is 344 Å². The minimum absolute atomic E-state index is 0.0157. The molecule has 0 unspecified atom stereocenters. The number of hydrogen-bond acceptors (Lipinski definition) is 13. The molecule has 0 atom stereocenters. The lowest BCUT2D eigenvalue weighted by Crippen LogP contribution is -2.29. The Morgan fingerprint density at radius 1 is 0.914 bits per heavy atom. The molecule has 2 aromatic carbocycles. The Morgan fingerprint density at radius 3 is 2.22 bits per heavy atom. The first kappa shape index (κ1) is 47.0. The molecule has 2 aliphatic heterocycles. The normalized spacial score (nSPS) is 17.5. The van der Waals surface area contributed by atoms with E-state index in [4.69, 9.17) is 10.4 Å². The molecule has 4 rings (SSSR count). The van der Waals surface area contributed by atoms with Crippen molar-refractivity contribution in [1.82, 2.24) is 4.31 Å². The summed E-state index contributed by atoms with van der Waals surface area (Å²) >= 11 is 0.927. The van der Waals surface area contributed by atoms with Gasteiger partial charge in [-0.3, -0.25) is 9.35 Å². The third-order valence-electron chi connectivity index (χ3n) is 10.0. The molecule has 3 N–H and O–H groups in total. The number of hydrogen-bond donors (Lipinski definition) is 3. The number of benzene rings is 2. The van der Waals surface area contributed by atoms with Crippen LogP contribution >= 0.6 is 12.0 Å². The molecule has 16 nitrogen and oxygen atoms in total. The van der Waals surface area contributed by atoms with Gasteiger partial charge in [0.15, 0.2) is 5.71 Å². The summed E-state index contributed by atoms with van der Waals surface area (Å²) in [6.07, 6.45) is 13.4. The standard InChI is InChI=1S/C38H49N3O13S4/c1-37(2)30-26-28(57(48,49)39(5)21-11-16-36(42)43)17-19-32(30)41(23-13-25-56(45,46)47)35(37)15-10-8-6-7-9-14-34-38(3,4)31-27-29(58(50,51)52)18-20-33(31)40(34)22-12-24-55-54-53-44/h6-10,14-15,17-20,26-27H,11-13,16,21-25H2,1-5H3,(H3-,42,43,44,45,46,47,50,51,52). The smallest absolute Gasteiger partial charge is 0.303 e. The van der Waals surface area contributed by atoms with Gasteiger partial charge < -0.3 is 14.6 Å². The molecular weight excluding hydrogens is 835 g/mol. The van der Waals surface area contributed by atoms with Crippen LogP contribution in [0, 0.1) is 0 Å². The van der Waals surface area contributed by atoms with E-state index in [2.05, 4.69) is 14.3 Å². The average molecular weight is 884 g/mol. The number of nitrogens with zero attached hydrogens (tertiary/aromatic N) is 3. The Hall–Kier alpha value is -3.70. The van der Waals surface area contributed by atoms with Gasteiger partial charge in [0, 0.05) is 91.0 Å². The maximum Gasteiger partial charge on any atom is 0.303 e. The quantitative estimate of drug-likeness (QED) is 0.0266. The summed E-state index contributed by atoms with van der Waals surface area (Å²) in [6, 6.07) is 9.16. The second kappa shape index (κ2) is 19.1. The molecule has 0 fully saturated rings. The van der Waals surface area contributed by atoms with Crippen molar-refractivity contribution in [3.63, 3.8) is 0 Å². The topological polar surface area (TPSA) is 231 Å². The highest BCUT2D eigenvalue weighted by atomic mass is 32.2. The lowest BCUT2D eigenvalue weighted by molar-refractivity contribution is -0.437. The van der Waals surface area contributed by atoms with Gasteiger partial charge in [-0.25, -0.2) is 26.4 Å². The highest BCUT2D eigenvalue weighted by Crippen LogP contribution is 2.48. The molecule has 0 bridgehead atoms. The average Bonchev–Trinajstić information content (AvgIpc) is 3.47. The molecule has 0 radical (unpaired) electrons. The molecule has 0 spiro atoms. The second-order valence-corrected chi connectivity index (χ2v) is 20.5. The fraction of sp³-hybridized carbons (Fsp3) is 0.421. The Balaban J connectivity index is 1.61. The molecule has 0 saturated carbocycles. The van der Waals surface area contributed by atoms with Gasteiger partial charge in [-0.05, 0) is 68.7 Å². The number of carbonyl (C=O) groups is 1. The van der Waals surface area contributed by atoms with Crippen LogP contribution in [0.2, 0.25) is 0 Å². The van der Waals surface area contributed by atoms with Crippen molar-refractivity contribution in [3.05, 3.63) is 95.8 Å². The summed E-state index contributed by atoms with van der Waals surface area (Å²) in [7, 11) is -11.5. The van der Waals surface area contributed by atoms with E-state index in [1.807, 2.05) is 50.5 Å². The predicted molar refractivity (Wildman–Crippen MR) is 219 cm³/mol. The van der Waals surface area contributed by atoms with Crippen LogP contribution in [-0.4, -0.2) is 103 Å². The van der Waals surface area contributed by atoms with Gasteiger partial charge in [0.2, 0.25) is 15.7 Å². The Bertz CT molecular complexity index is 2350. The van der Waals surface area contributed by atoms with Gasteiger partial charge >= 0.3 is 5.97 Å². The van der Waals surface area contributed by atoms with Gasteiger partial charge in [0.05, 0.1) is 25.3 Å². The Morgan fingerprint density at radius 2 is 1.57 bits per heavy atom. The summed E-state index contributed by atoms with van der Waals surface area (Å²) in [5, 5.41) is 21.1. The summed E-state index contributed by atoms with van der Waals surface area (Å²) in [5.74, 6) is -1.11.